The molecule has 3 heterocycles. The highest BCUT2D eigenvalue weighted by atomic mass is 16.3. The van der Waals surface area contributed by atoms with Gasteiger partial charge in [-0.25, -0.2) is 9.97 Å². The van der Waals surface area contributed by atoms with Crippen molar-refractivity contribution in [2.45, 2.75) is 0 Å². The number of hydrogen-bond donors (Lipinski definition) is 2. The Hall–Kier alpha value is -3.48. The van der Waals surface area contributed by atoms with E-state index < -0.39 is 0 Å². The molecule has 1 aliphatic rings. The smallest absolute Gasteiger partial charge is 0.220 e. The number of imidazole rings is 1. The molecule has 0 aliphatic carbocycles. The first kappa shape index (κ1) is 14.1. The molecular weight excluding hydrogens is 304 g/mol. The number of pyridine rings is 1. The Morgan fingerprint density at radius 2 is 2.12 bits per heavy atom. The van der Waals surface area contributed by atoms with Crippen LogP contribution in [0, 0.1) is 0 Å². The molecule has 0 spiro atoms. The quantitative estimate of drug-likeness (QED) is 0.756. The number of nitrogens with zero attached hydrogens (tertiary/aromatic N) is 5. The Morgan fingerprint density at radius 1 is 1.21 bits per heavy atom. The summed E-state index contributed by atoms with van der Waals surface area (Å²) in [7, 11) is 1.74. The minimum Gasteiger partial charge on any atom is -0.493 e. The largest absolute Gasteiger partial charge is 0.493 e. The van der Waals surface area contributed by atoms with E-state index in [9.17, 15) is 5.11 Å². The van der Waals surface area contributed by atoms with Crippen molar-refractivity contribution in [3.8, 4) is 5.88 Å². The third-order valence-electron chi connectivity index (χ3n) is 3.71. The number of nitrogens with one attached hydrogen (secondary N) is 1. The molecule has 0 saturated heterocycles. The molecule has 2 N–H and O–H groups in total. The SMILES string of the molecule is Cn1c(Nc2ccccn2)nc(/C=c2\ccc3c(c2)C=NN=3)c1O. The van der Waals surface area contributed by atoms with Gasteiger partial charge in [-0.1, -0.05) is 12.1 Å². The molecule has 0 saturated carbocycles. The maximum absolute atomic E-state index is 10.3. The molecule has 0 fully saturated rings. The van der Waals surface area contributed by atoms with Crippen LogP contribution in [0.3, 0.4) is 0 Å². The van der Waals surface area contributed by atoms with Crippen molar-refractivity contribution >= 4 is 24.1 Å². The van der Waals surface area contributed by atoms with Crippen LogP contribution in [-0.4, -0.2) is 25.9 Å². The first-order chi connectivity index (χ1) is 11.7. The van der Waals surface area contributed by atoms with Gasteiger partial charge in [-0.15, -0.1) is 0 Å². The van der Waals surface area contributed by atoms with Crippen LogP contribution in [0.2, 0.25) is 0 Å². The predicted molar refractivity (Wildman–Crippen MR) is 90.8 cm³/mol. The average molecular weight is 318 g/mol. The molecule has 0 atom stereocenters. The van der Waals surface area contributed by atoms with E-state index in [1.165, 1.54) is 0 Å². The van der Waals surface area contributed by atoms with Crippen molar-refractivity contribution in [2.75, 3.05) is 5.32 Å². The number of hydrogen-bond acceptors (Lipinski definition) is 6. The van der Waals surface area contributed by atoms with Crippen LogP contribution in [-0.2, 0) is 7.05 Å². The molecule has 0 unspecified atom stereocenters. The van der Waals surface area contributed by atoms with Gasteiger partial charge in [0.2, 0.25) is 11.8 Å². The molecule has 1 aliphatic heterocycles. The third kappa shape index (κ3) is 2.52. The van der Waals surface area contributed by atoms with Gasteiger partial charge in [0.1, 0.15) is 11.5 Å². The molecule has 24 heavy (non-hydrogen) atoms. The second kappa shape index (κ2) is 5.62. The molecule has 4 rings (SSSR count). The molecule has 7 heteroatoms. The van der Waals surface area contributed by atoms with Crippen molar-refractivity contribution in [3.05, 3.63) is 64.4 Å². The van der Waals surface area contributed by atoms with Crippen LogP contribution in [0.15, 0.2) is 52.8 Å². The summed E-state index contributed by atoms with van der Waals surface area (Å²) in [6, 6.07) is 11.3. The van der Waals surface area contributed by atoms with E-state index in [0.29, 0.717) is 17.5 Å². The van der Waals surface area contributed by atoms with E-state index in [1.54, 1.807) is 24.0 Å². The van der Waals surface area contributed by atoms with E-state index in [2.05, 4.69) is 25.5 Å². The zero-order valence-electron chi connectivity index (χ0n) is 12.9. The lowest BCUT2D eigenvalue weighted by Crippen LogP contribution is -2.11. The number of rotatable bonds is 3. The standard InChI is InChI=1S/C17H14N6O/c1-23-16(24)14(20-17(23)21-15-4-2-3-7-18-15)9-11-5-6-13-12(8-11)10-19-22-13/h2-10,24H,1H3,(H,18,20,21)/b11-9+. The van der Waals surface area contributed by atoms with Gasteiger partial charge in [0.05, 0.1) is 11.6 Å². The second-order valence-corrected chi connectivity index (χ2v) is 5.35. The van der Waals surface area contributed by atoms with Crippen LogP contribution < -0.4 is 15.9 Å². The molecule has 0 amide bonds. The lowest BCUT2D eigenvalue weighted by molar-refractivity contribution is 0.432. The number of anilines is 2. The molecule has 7 nitrogen and oxygen atoms in total. The third-order valence-corrected chi connectivity index (χ3v) is 3.71. The summed E-state index contributed by atoms with van der Waals surface area (Å²) in [6.07, 6.45) is 5.21. The second-order valence-electron chi connectivity index (χ2n) is 5.35. The number of aromatic nitrogens is 3. The van der Waals surface area contributed by atoms with E-state index in [4.69, 9.17) is 0 Å². The molecule has 1 aromatic carbocycles. The lowest BCUT2D eigenvalue weighted by Gasteiger charge is -2.04. The predicted octanol–water partition coefficient (Wildman–Crippen LogP) is 1.06. The highest BCUT2D eigenvalue weighted by Crippen LogP contribution is 2.23. The normalized spacial score (nSPS) is 13.0. The summed E-state index contributed by atoms with van der Waals surface area (Å²) in [4.78, 5) is 8.64. The fourth-order valence-electron chi connectivity index (χ4n) is 2.44. The van der Waals surface area contributed by atoms with Crippen molar-refractivity contribution in [1.29, 1.82) is 0 Å². The number of benzene rings is 1. The maximum Gasteiger partial charge on any atom is 0.220 e. The van der Waals surface area contributed by atoms with Gasteiger partial charge >= 0.3 is 0 Å². The van der Waals surface area contributed by atoms with Crippen molar-refractivity contribution in [2.24, 2.45) is 17.3 Å². The Kier molecular flexibility index (Phi) is 3.31. The lowest BCUT2D eigenvalue weighted by atomic mass is 10.2. The van der Waals surface area contributed by atoms with Gasteiger partial charge in [0.25, 0.3) is 0 Å². The summed E-state index contributed by atoms with van der Waals surface area (Å²) >= 11 is 0. The van der Waals surface area contributed by atoms with E-state index in [1.807, 2.05) is 42.5 Å². The van der Waals surface area contributed by atoms with Crippen LogP contribution >= 0.6 is 0 Å². The van der Waals surface area contributed by atoms with Crippen molar-refractivity contribution in [1.82, 2.24) is 14.5 Å². The van der Waals surface area contributed by atoms with Gasteiger partial charge in [0.15, 0.2) is 0 Å². The molecule has 0 radical (unpaired) electrons. The summed E-state index contributed by atoms with van der Waals surface area (Å²) in [5.41, 5.74) is 1.42. The highest BCUT2D eigenvalue weighted by Gasteiger charge is 2.12. The Morgan fingerprint density at radius 3 is 2.96 bits per heavy atom. The van der Waals surface area contributed by atoms with E-state index in [-0.39, 0.29) is 5.88 Å². The Labute approximate surface area is 137 Å². The number of aromatic hydroxyl groups is 1. The van der Waals surface area contributed by atoms with E-state index >= 15 is 0 Å². The van der Waals surface area contributed by atoms with Gasteiger partial charge in [-0.2, -0.15) is 10.2 Å². The maximum atomic E-state index is 10.3. The van der Waals surface area contributed by atoms with Crippen LogP contribution in [0.5, 0.6) is 5.88 Å². The minimum absolute atomic E-state index is 0.0762. The highest BCUT2D eigenvalue weighted by molar-refractivity contribution is 5.80. The van der Waals surface area contributed by atoms with Gasteiger partial charge < -0.3 is 10.4 Å². The summed E-state index contributed by atoms with van der Waals surface area (Å²) in [5, 5.41) is 23.0. The topological polar surface area (TPSA) is 87.7 Å². The minimum atomic E-state index is 0.0762. The molecule has 118 valence electrons. The van der Waals surface area contributed by atoms with Crippen LogP contribution in [0.25, 0.3) is 6.08 Å². The van der Waals surface area contributed by atoms with Gasteiger partial charge in [0, 0.05) is 18.8 Å². The Bertz CT molecular complexity index is 1050. The monoisotopic (exact) mass is 318 g/mol. The summed E-state index contributed by atoms with van der Waals surface area (Å²) < 4.78 is 1.57. The summed E-state index contributed by atoms with van der Waals surface area (Å²) in [5.74, 6) is 1.25. The fourth-order valence-corrected chi connectivity index (χ4v) is 2.44. The average Bonchev–Trinajstić information content (AvgIpc) is 3.16. The fraction of sp³-hybridized carbons (Fsp3) is 0.0588. The first-order valence-corrected chi connectivity index (χ1v) is 7.37. The number of fused-ring (bicyclic) bond motifs is 1. The van der Waals surface area contributed by atoms with Gasteiger partial charge in [-0.05, 0) is 35.6 Å². The van der Waals surface area contributed by atoms with Crippen molar-refractivity contribution < 1.29 is 5.11 Å². The Balaban J connectivity index is 1.72. The molecular formula is C17H14N6O. The van der Waals surface area contributed by atoms with Crippen LogP contribution in [0.1, 0.15) is 11.3 Å². The molecule has 3 aromatic rings. The summed E-state index contributed by atoms with van der Waals surface area (Å²) in [6.45, 7) is 0. The van der Waals surface area contributed by atoms with Crippen molar-refractivity contribution in [3.63, 3.8) is 0 Å². The molecule has 0 bridgehead atoms. The van der Waals surface area contributed by atoms with Gasteiger partial charge in [-0.3, -0.25) is 4.57 Å². The first-order valence-electron chi connectivity index (χ1n) is 7.37. The zero-order chi connectivity index (χ0) is 16.5. The van der Waals surface area contributed by atoms with E-state index in [0.717, 1.165) is 16.1 Å². The molecule has 2 aromatic heterocycles. The van der Waals surface area contributed by atoms with Crippen LogP contribution in [0.4, 0.5) is 11.8 Å². The zero-order valence-corrected chi connectivity index (χ0v) is 12.9.